The van der Waals surface area contributed by atoms with Crippen LogP contribution in [0.2, 0.25) is 0 Å². The van der Waals surface area contributed by atoms with Crippen LogP contribution >= 0.6 is 0 Å². The highest BCUT2D eigenvalue weighted by molar-refractivity contribution is 5.96. The summed E-state index contributed by atoms with van der Waals surface area (Å²) in [4.78, 5) is 0. The van der Waals surface area contributed by atoms with Crippen molar-refractivity contribution in [2.24, 2.45) is 11.5 Å². The molecule has 0 amide bonds. The molecule has 0 unspecified atom stereocenters. The van der Waals surface area contributed by atoms with Gasteiger partial charge < -0.3 is 16.2 Å². The lowest BCUT2D eigenvalue weighted by molar-refractivity contribution is 0.460. The van der Waals surface area contributed by atoms with E-state index in [9.17, 15) is 0 Å². The summed E-state index contributed by atoms with van der Waals surface area (Å²) >= 11 is 0. The monoisotopic (exact) mass is 266 g/mol. The fourth-order valence-electron chi connectivity index (χ4n) is 2.29. The Kier molecular flexibility index (Phi) is 2.68. The fraction of sp³-hybridized carbons (Fsp3) is 0.0667. The third-order valence-electron chi connectivity index (χ3n) is 3.34. The van der Waals surface area contributed by atoms with Gasteiger partial charge in [0.2, 0.25) is 0 Å². The normalized spacial score (nSPS) is 12.0. The van der Waals surface area contributed by atoms with Gasteiger partial charge in [-0.05, 0) is 36.4 Å². The molecule has 20 heavy (non-hydrogen) atoms. The molecule has 5 nitrogen and oxygen atoms in total. The van der Waals surface area contributed by atoms with Crippen molar-refractivity contribution in [2.75, 3.05) is 0 Å². The largest absolute Gasteiger partial charge is 0.457 e. The fourth-order valence-corrected chi connectivity index (χ4v) is 2.29. The van der Waals surface area contributed by atoms with E-state index in [1.165, 1.54) is 0 Å². The lowest BCUT2D eigenvalue weighted by Gasteiger charge is -2.21. The minimum atomic E-state index is 0.0380. The van der Waals surface area contributed by atoms with Crippen LogP contribution in [0.1, 0.15) is 22.3 Å². The molecule has 2 aromatic carbocycles. The first-order chi connectivity index (χ1) is 9.54. The molecule has 0 aliphatic carbocycles. The Morgan fingerprint density at radius 3 is 1.70 bits per heavy atom. The third kappa shape index (κ3) is 1.99. The van der Waals surface area contributed by atoms with Crippen molar-refractivity contribution in [1.82, 2.24) is 0 Å². The van der Waals surface area contributed by atoms with Gasteiger partial charge in [-0.15, -0.1) is 0 Å². The zero-order valence-corrected chi connectivity index (χ0v) is 10.7. The van der Waals surface area contributed by atoms with Gasteiger partial charge in [0, 0.05) is 28.7 Å². The maximum Gasteiger partial charge on any atom is 0.131 e. The van der Waals surface area contributed by atoms with E-state index in [0.29, 0.717) is 17.5 Å². The molecule has 0 aromatic heterocycles. The van der Waals surface area contributed by atoms with Crippen LogP contribution in [0.15, 0.2) is 36.4 Å². The van der Waals surface area contributed by atoms with Gasteiger partial charge in [-0.1, -0.05) is 0 Å². The quantitative estimate of drug-likeness (QED) is 0.420. The van der Waals surface area contributed by atoms with Gasteiger partial charge in [0.25, 0.3) is 0 Å². The van der Waals surface area contributed by atoms with E-state index in [1.54, 1.807) is 12.1 Å². The molecular formula is C15H14N4O. The Hall–Kier alpha value is -2.82. The van der Waals surface area contributed by atoms with Crippen LogP contribution in [0.3, 0.4) is 0 Å². The van der Waals surface area contributed by atoms with Gasteiger partial charge in [0.1, 0.15) is 23.2 Å². The number of hydrogen-bond acceptors (Lipinski definition) is 3. The van der Waals surface area contributed by atoms with Crippen molar-refractivity contribution < 1.29 is 4.74 Å². The predicted octanol–water partition coefficient (Wildman–Crippen LogP) is 1.95. The van der Waals surface area contributed by atoms with Gasteiger partial charge >= 0.3 is 0 Å². The molecule has 0 radical (unpaired) electrons. The molecule has 100 valence electrons. The highest BCUT2D eigenvalue weighted by atomic mass is 16.5. The summed E-state index contributed by atoms with van der Waals surface area (Å²) in [7, 11) is 0. The van der Waals surface area contributed by atoms with Crippen LogP contribution < -0.4 is 16.2 Å². The topological polar surface area (TPSA) is 109 Å². The molecule has 0 bridgehead atoms. The summed E-state index contributed by atoms with van der Waals surface area (Å²) in [6.45, 7) is 0. The maximum absolute atomic E-state index is 7.48. The minimum absolute atomic E-state index is 0.0380. The maximum atomic E-state index is 7.48. The highest BCUT2D eigenvalue weighted by Gasteiger charge is 2.18. The zero-order chi connectivity index (χ0) is 14.3. The number of hydrogen-bond donors (Lipinski definition) is 4. The average molecular weight is 266 g/mol. The Bertz CT molecular complexity index is 675. The van der Waals surface area contributed by atoms with Crippen molar-refractivity contribution in [3.63, 3.8) is 0 Å². The Balaban J connectivity index is 2.03. The first-order valence-electron chi connectivity index (χ1n) is 6.17. The van der Waals surface area contributed by atoms with Gasteiger partial charge in [0.05, 0.1) is 0 Å². The van der Waals surface area contributed by atoms with Gasteiger partial charge in [0.15, 0.2) is 0 Å². The number of ether oxygens (including phenoxy) is 1. The van der Waals surface area contributed by atoms with Gasteiger partial charge in [-0.25, -0.2) is 0 Å². The molecule has 6 N–H and O–H groups in total. The summed E-state index contributed by atoms with van der Waals surface area (Å²) in [5.74, 6) is 1.63. The van der Waals surface area contributed by atoms with Crippen LogP contribution in [0.5, 0.6) is 11.5 Å². The van der Waals surface area contributed by atoms with E-state index >= 15 is 0 Å². The van der Waals surface area contributed by atoms with Gasteiger partial charge in [-0.3, -0.25) is 10.8 Å². The number of benzene rings is 2. The molecule has 1 aliphatic rings. The van der Waals surface area contributed by atoms with Crippen LogP contribution in [0.4, 0.5) is 0 Å². The molecular weight excluding hydrogens is 252 g/mol. The average Bonchev–Trinajstić information content (AvgIpc) is 2.43. The zero-order valence-electron chi connectivity index (χ0n) is 10.7. The molecule has 0 spiro atoms. The smallest absolute Gasteiger partial charge is 0.131 e. The summed E-state index contributed by atoms with van der Waals surface area (Å²) in [6, 6.07) is 10.9. The lowest BCUT2D eigenvalue weighted by Crippen LogP contribution is -2.14. The molecule has 0 fully saturated rings. The van der Waals surface area contributed by atoms with Crippen LogP contribution in [0, 0.1) is 10.8 Å². The van der Waals surface area contributed by atoms with Crippen molar-refractivity contribution >= 4 is 11.7 Å². The van der Waals surface area contributed by atoms with Crippen molar-refractivity contribution in [2.45, 2.75) is 6.42 Å². The summed E-state index contributed by atoms with van der Waals surface area (Å²) < 4.78 is 5.82. The number of nitrogens with two attached hydrogens (primary N) is 2. The molecule has 0 saturated heterocycles. The van der Waals surface area contributed by atoms with Crippen molar-refractivity contribution in [1.29, 1.82) is 10.8 Å². The standard InChI is InChI=1S/C15H14N4O/c16-14(17)8-1-3-12-10(5-8)7-11-6-9(15(18)19)2-4-13(11)20-12/h1-6H,7H2,(H3,16,17)(H3,18,19). The van der Waals surface area contributed by atoms with Crippen LogP contribution in [-0.2, 0) is 6.42 Å². The number of nitrogens with one attached hydrogen (secondary N) is 2. The molecule has 0 atom stereocenters. The molecule has 2 aromatic rings. The lowest BCUT2D eigenvalue weighted by atomic mass is 9.96. The van der Waals surface area contributed by atoms with E-state index in [2.05, 4.69) is 0 Å². The van der Waals surface area contributed by atoms with Crippen molar-refractivity contribution in [3.8, 4) is 11.5 Å². The number of fused-ring (bicyclic) bond motifs is 2. The number of nitrogen functional groups attached to an aromatic ring is 2. The Labute approximate surface area is 116 Å². The van der Waals surface area contributed by atoms with E-state index < -0.39 is 0 Å². The van der Waals surface area contributed by atoms with E-state index in [4.69, 9.17) is 27.0 Å². The first-order valence-corrected chi connectivity index (χ1v) is 6.17. The van der Waals surface area contributed by atoms with Crippen molar-refractivity contribution in [3.05, 3.63) is 58.7 Å². The van der Waals surface area contributed by atoms with E-state index in [0.717, 1.165) is 22.6 Å². The minimum Gasteiger partial charge on any atom is -0.457 e. The van der Waals surface area contributed by atoms with E-state index in [-0.39, 0.29) is 11.7 Å². The Morgan fingerprint density at radius 1 is 0.850 bits per heavy atom. The SMILES string of the molecule is N=C(N)c1ccc2c(c1)Cc1cc(C(=N)N)ccc1O2. The molecule has 1 aliphatic heterocycles. The van der Waals surface area contributed by atoms with Gasteiger partial charge in [-0.2, -0.15) is 0 Å². The second kappa shape index (κ2) is 4.38. The predicted molar refractivity (Wildman–Crippen MR) is 77.8 cm³/mol. The summed E-state index contributed by atoms with van der Waals surface area (Å²) in [5, 5.41) is 15.0. The molecule has 0 saturated carbocycles. The first kappa shape index (κ1) is 12.2. The second-order valence-electron chi connectivity index (χ2n) is 4.75. The molecule has 3 rings (SSSR count). The third-order valence-corrected chi connectivity index (χ3v) is 3.34. The molecule has 5 heteroatoms. The van der Waals surface area contributed by atoms with Crippen LogP contribution in [-0.4, -0.2) is 11.7 Å². The Morgan fingerprint density at radius 2 is 1.30 bits per heavy atom. The van der Waals surface area contributed by atoms with E-state index in [1.807, 2.05) is 24.3 Å². The molecule has 1 heterocycles. The van der Waals surface area contributed by atoms with Crippen LogP contribution in [0.25, 0.3) is 0 Å². The number of amidine groups is 2. The summed E-state index contributed by atoms with van der Waals surface area (Å²) in [6.07, 6.45) is 0.674. The summed E-state index contributed by atoms with van der Waals surface area (Å²) in [5.41, 5.74) is 14.3. The second-order valence-corrected chi connectivity index (χ2v) is 4.75. The highest BCUT2D eigenvalue weighted by Crippen LogP contribution is 2.37. The number of rotatable bonds is 2.